The first kappa shape index (κ1) is 10.6. The summed E-state index contributed by atoms with van der Waals surface area (Å²) in [6, 6.07) is 0. The Morgan fingerprint density at radius 2 is 1.91 bits per heavy atom. The first-order chi connectivity index (χ1) is 4.89. The number of hydrogen-bond acceptors (Lipinski definition) is 2. The van der Waals surface area contributed by atoms with E-state index in [1.807, 2.05) is 34.7 Å². The van der Waals surface area contributed by atoms with Gasteiger partial charge in [-0.25, -0.2) is 0 Å². The summed E-state index contributed by atoms with van der Waals surface area (Å²) >= 11 is 0. The highest BCUT2D eigenvalue weighted by molar-refractivity contribution is 5.85. The minimum absolute atomic E-state index is 0.125. The van der Waals surface area contributed by atoms with E-state index in [9.17, 15) is 4.79 Å². The molecule has 0 bridgehead atoms. The van der Waals surface area contributed by atoms with Crippen LogP contribution in [0.3, 0.4) is 0 Å². The van der Waals surface area contributed by atoms with E-state index < -0.39 is 0 Å². The number of hydrogen-bond donors (Lipinski definition) is 1. The van der Waals surface area contributed by atoms with Crippen LogP contribution in [0.5, 0.6) is 0 Å². The van der Waals surface area contributed by atoms with Crippen molar-refractivity contribution in [3.8, 4) is 0 Å². The highest BCUT2D eigenvalue weighted by Gasteiger charge is 2.25. The monoisotopic (exact) mass is 157 g/mol. The zero-order valence-corrected chi connectivity index (χ0v) is 8.19. The molecule has 0 amide bonds. The number of carbonyl (C=O) groups is 1. The molecule has 0 aromatic carbocycles. The molecule has 1 N–H and O–H groups in total. The van der Waals surface area contributed by atoms with Gasteiger partial charge in [-0.05, 0) is 7.05 Å². The van der Waals surface area contributed by atoms with Crippen LogP contribution in [0, 0.1) is 11.3 Å². The molecule has 1 unspecified atom stereocenters. The normalized spacial score (nSPS) is 14.6. The first-order valence-electron chi connectivity index (χ1n) is 4.08. The van der Waals surface area contributed by atoms with E-state index in [0.717, 1.165) is 6.54 Å². The molecule has 0 aromatic rings. The number of Topliss-reactive ketones (excluding diaryl/α,β-unsaturated/α-hetero) is 1. The van der Waals surface area contributed by atoms with Gasteiger partial charge >= 0.3 is 0 Å². The van der Waals surface area contributed by atoms with Crippen molar-refractivity contribution in [2.45, 2.75) is 27.7 Å². The van der Waals surface area contributed by atoms with E-state index in [4.69, 9.17) is 0 Å². The standard InChI is InChI=1S/C9H19NO/c1-7(6-10-5)8(11)9(2,3)4/h7,10H,6H2,1-5H3. The maximum Gasteiger partial charge on any atom is 0.142 e. The summed E-state index contributed by atoms with van der Waals surface area (Å²) in [5, 5.41) is 3.00. The van der Waals surface area contributed by atoms with Crippen LogP contribution >= 0.6 is 0 Å². The fourth-order valence-electron chi connectivity index (χ4n) is 1.14. The van der Waals surface area contributed by atoms with Crippen molar-refractivity contribution in [2.75, 3.05) is 13.6 Å². The fraction of sp³-hybridized carbons (Fsp3) is 0.889. The predicted octanol–water partition coefficient (Wildman–Crippen LogP) is 1.46. The van der Waals surface area contributed by atoms with Crippen molar-refractivity contribution in [1.82, 2.24) is 5.32 Å². The van der Waals surface area contributed by atoms with Crippen LogP contribution in [0.15, 0.2) is 0 Å². The molecule has 0 saturated heterocycles. The number of rotatable bonds is 3. The number of nitrogens with one attached hydrogen (secondary N) is 1. The Bertz CT molecular complexity index is 135. The van der Waals surface area contributed by atoms with E-state index in [1.165, 1.54) is 0 Å². The SMILES string of the molecule is CNCC(C)C(=O)C(C)(C)C. The van der Waals surface area contributed by atoms with Crippen LogP contribution in [0.4, 0.5) is 0 Å². The summed E-state index contributed by atoms with van der Waals surface area (Å²) in [6.45, 7) is 8.62. The van der Waals surface area contributed by atoms with Crippen LogP contribution in [0.25, 0.3) is 0 Å². The molecule has 0 saturated carbocycles. The Morgan fingerprint density at radius 3 is 2.18 bits per heavy atom. The average molecular weight is 157 g/mol. The highest BCUT2D eigenvalue weighted by Crippen LogP contribution is 2.19. The molecule has 2 heteroatoms. The zero-order valence-electron chi connectivity index (χ0n) is 8.19. The molecule has 0 aliphatic carbocycles. The van der Waals surface area contributed by atoms with Gasteiger partial charge in [0.2, 0.25) is 0 Å². The van der Waals surface area contributed by atoms with Crippen LogP contribution < -0.4 is 5.32 Å². The van der Waals surface area contributed by atoms with Gasteiger partial charge in [-0.15, -0.1) is 0 Å². The summed E-state index contributed by atoms with van der Waals surface area (Å²) in [5.41, 5.74) is -0.198. The second-order valence-electron chi connectivity index (χ2n) is 4.07. The lowest BCUT2D eigenvalue weighted by Gasteiger charge is -2.21. The first-order valence-corrected chi connectivity index (χ1v) is 4.08. The smallest absolute Gasteiger partial charge is 0.142 e. The maximum atomic E-state index is 11.5. The molecule has 0 heterocycles. The van der Waals surface area contributed by atoms with Crippen LogP contribution in [-0.2, 0) is 4.79 Å². The third kappa shape index (κ3) is 3.51. The Labute approximate surface area is 69.4 Å². The predicted molar refractivity (Wildman–Crippen MR) is 47.6 cm³/mol. The zero-order chi connectivity index (χ0) is 9.07. The van der Waals surface area contributed by atoms with Crippen molar-refractivity contribution >= 4 is 5.78 Å². The molecule has 11 heavy (non-hydrogen) atoms. The van der Waals surface area contributed by atoms with Gasteiger partial charge < -0.3 is 5.32 Å². The summed E-state index contributed by atoms with van der Waals surface area (Å²) < 4.78 is 0. The Morgan fingerprint density at radius 1 is 1.45 bits per heavy atom. The van der Waals surface area contributed by atoms with Gasteiger partial charge in [0.15, 0.2) is 0 Å². The lowest BCUT2D eigenvalue weighted by Crippen LogP contribution is -2.32. The van der Waals surface area contributed by atoms with Crippen molar-refractivity contribution in [1.29, 1.82) is 0 Å². The largest absolute Gasteiger partial charge is 0.319 e. The van der Waals surface area contributed by atoms with Gasteiger partial charge in [0.1, 0.15) is 5.78 Å². The van der Waals surface area contributed by atoms with Crippen LogP contribution in [0.2, 0.25) is 0 Å². The number of ketones is 1. The third-order valence-corrected chi connectivity index (χ3v) is 1.70. The Balaban J connectivity index is 4.03. The molecule has 0 aromatic heterocycles. The second-order valence-corrected chi connectivity index (χ2v) is 4.07. The van der Waals surface area contributed by atoms with Crippen molar-refractivity contribution < 1.29 is 4.79 Å². The topological polar surface area (TPSA) is 29.1 Å². The quantitative estimate of drug-likeness (QED) is 0.672. The lowest BCUT2D eigenvalue weighted by atomic mass is 9.84. The van der Waals surface area contributed by atoms with E-state index in [1.54, 1.807) is 0 Å². The Kier molecular flexibility index (Phi) is 3.73. The van der Waals surface area contributed by atoms with Crippen LogP contribution in [-0.4, -0.2) is 19.4 Å². The molecule has 66 valence electrons. The van der Waals surface area contributed by atoms with E-state index in [-0.39, 0.29) is 11.3 Å². The molecule has 0 aliphatic heterocycles. The molecule has 0 rings (SSSR count). The molecule has 0 fully saturated rings. The van der Waals surface area contributed by atoms with Gasteiger partial charge in [0.25, 0.3) is 0 Å². The van der Waals surface area contributed by atoms with E-state index >= 15 is 0 Å². The summed E-state index contributed by atoms with van der Waals surface area (Å²) in [6.07, 6.45) is 0. The van der Waals surface area contributed by atoms with Gasteiger partial charge in [0.05, 0.1) is 0 Å². The molecule has 0 aliphatic rings. The van der Waals surface area contributed by atoms with Gasteiger partial charge in [0, 0.05) is 17.9 Å². The minimum Gasteiger partial charge on any atom is -0.319 e. The van der Waals surface area contributed by atoms with E-state index in [0.29, 0.717) is 5.78 Å². The molecule has 1 atom stereocenters. The molecular weight excluding hydrogens is 138 g/mol. The van der Waals surface area contributed by atoms with E-state index in [2.05, 4.69) is 5.32 Å². The minimum atomic E-state index is -0.198. The van der Waals surface area contributed by atoms with Crippen LogP contribution in [0.1, 0.15) is 27.7 Å². The fourth-order valence-corrected chi connectivity index (χ4v) is 1.14. The van der Waals surface area contributed by atoms with Gasteiger partial charge in [-0.3, -0.25) is 4.79 Å². The highest BCUT2D eigenvalue weighted by atomic mass is 16.1. The second kappa shape index (κ2) is 3.86. The summed E-state index contributed by atoms with van der Waals surface area (Å²) in [7, 11) is 1.87. The molecular formula is C9H19NO. The summed E-state index contributed by atoms with van der Waals surface area (Å²) in [5.74, 6) is 0.451. The maximum absolute atomic E-state index is 11.5. The number of carbonyl (C=O) groups excluding carboxylic acids is 1. The summed E-state index contributed by atoms with van der Waals surface area (Å²) in [4.78, 5) is 11.5. The van der Waals surface area contributed by atoms with Gasteiger partial charge in [-0.1, -0.05) is 27.7 Å². The third-order valence-electron chi connectivity index (χ3n) is 1.70. The average Bonchev–Trinajstić information content (AvgIpc) is 1.85. The van der Waals surface area contributed by atoms with Crippen molar-refractivity contribution in [3.05, 3.63) is 0 Å². The van der Waals surface area contributed by atoms with Crippen molar-refractivity contribution in [3.63, 3.8) is 0 Å². The molecule has 2 nitrogen and oxygen atoms in total. The molecule has 0 radical (unpaired) electrons. The van der Waals surface area contributed by atoms with Gasteiger partial charge in [-0.2, -0.15) is 0 Å². The lowest BCUT2D eigenvalue weighted by molar-refractivity contribution is -0.129. The molecule has 0 spiro atoms. The Hall–Kier alpha value is -0.370. The van der Waals surface area contributed by atoms with Crippen molar-refractivity contribution in [2.24, 2.45) is 11.3 Å².